The lowest BCUT2D eigenvalue weighted by Crippen LogP contribution is -1.96. The van der Waals surface area contributed by atoms with Crippen molar-refractivity contribution in [3.8, 4) is 17.0 Å². The Kier molecular flexibility index (Phi) is 3.59. The van der Waals surface area contributed by atoms with Crippen LogP contribution < -0.4 is 10.5 Å². The molecular formula is C12H15N3O2. The highest BCUT2D eigenvalue weighted by molar-refractivity contribution is 5.69. The third-order valence-electron chi connectivity index (χ3n) is 2.41. The first-order chi connectivity index (χ1) is 8.31. The van der Waals surface area contributed by atoms with Crippen LogP contribution in [0.25, 0.3) is 11.3 Å². The lowest BCUT2D eigenvalue weighted by Gasteiger charge is -2.05. The van der Waals surface area contributed by atoms with Crippen LogP contribution in [-0.4, -0.2) is 16.9 Å². The first-order valence-corrected chi connectivity index (χ1v) is 5.62. The number of benzene rings is 1. The zero-order chi connectivity index (χ0) is 12.1. The average Bonchev–Trinajstić information content (AvgIpc) is 2.77. The molecule has 1 aromatic carbocycles. The fourth-order valence-electron chi connectivity index (χ4n) is 1.44. The molecule has 2 aromatic rings. The first-order valence-electron chi connectivity index (χ1n) is 5.62. The van der Waals surface area contributed by atoms with Crippen molar-refractivity contribution in [3.63, 3.8) is 0 Å². The molecule has 2 N–H and O–H groups in total. The Balaban J connectivity index is 2.06. The molecule has 2 rings (SSSR count). The van der Waals surface area contributed by atoms with E-state index < -0.39 is 0 Å². The van der Waals surface area contributed by atoms with Gasteiger partial charge in [0.15, 0.2) is 11.5 Å². The highest BCUT2D eigenvalue weighted by Crippen LogP contribution is 2.24. The van der Waals surface area contributed by atoms with Crippen molar-refractivity contribution in [3.05, 3.63) is 24.3 Å². The molecule has 90 valence electrons. The summed E-state index contributed by atoms with van der Waals surface area (Å²) in [5.74, 6) is 1.14. The van der Waals surface area contributed by atoms with Gasteiger partial charge in [-0.25, -0.2) is 4.63 Å². The second kappa shape index (κ2) is 5.34. The highest BCUT2D eigenvalue weighted by Gasteiger charge is 2.08. The summed E-state index contributed by atoms with van der Waals surface area (Å²) in [7, 11) is 0. The monoisotopic (exact) mass is 233 g/mol. The van der Waals surface area contributed by atoms with Crippen LogP contribution in [0, 0.1) is 0 Å². The first kappa shape index (κ1) is 11.4. The highest BCUT2D eigenvalue weighted by atomic mass is 16.6. The van der Waals surface area contributed by atoms with Gasteiger partial charge in [-0.05, 0) is 41.0 Å². The van der Waals surface area contributed by atoms with Crippen molar-refractivity contribution in [2.75, 3.05) is 12.3 Å². The molecule has 0 bridgehead atoms. The molecule has 0 fully saturated rings. The summed E-state index contributed by atoms with van der Waals surface area (Å²) in [5.41, 5.74) is 7.04. The molecule has 1 aromatic heterocycles. The van der Waals surface area contributed by atoms with Gasteiger partial charge in [0.25, 0.3) is 0 Å². The van der Waals surface area contributed by atoms with Crippen molar-refractivity contribution in [2.45, 2.75) is 19.8 Å². The Morgan fingerprint density at radius 3 is 2.59 bits per heavy atom. The Morgan fingerprint density at radius 1 is 1.24 bits per heavy atom. The minimum Gasteiger partial charge on any atom is -0.494 e. The van der Waals surface area contributed by atoms with Gasteiger partial charge in [0.2, 0.25) is 0 Å². The Morgan fingerprint density at radius 2 is 2.00 bits per heavy atom. The molecule has 0 unspecified atom stereocenters. The number of ether oxygens (including phenoxy) is 1. The van der Waals surface area contributed by atoms with Crippen LogP contribution >= 0.6 is 0 Å². The summed E-state index contributed by atoms with van der Waals surface area (Å²) < 4.78 is 10.1. The SMILES string of the molecule is CCCCOc1ccc(-c2nonc2N)cc1. The third-order valence-corrected chi connectivity index (χ3v) is 2.41. The standard InChI is InChI=1S/C12H15N3O2/c1-2-3-8-16-10-6-4-9(5-7-10)11-12(13)15-17-14-11/h4-7H,2-3,8H2,1H3,(H2,13,15). The van der Waals surface area contributed by atoms with E-state index in [1.165, 1.54) is 0 Å². The predicted octanol–water partition coefficient (Wildman–Crippen LogP) is 2.50. The number of nitrogens with two attached hydrogens (primary N) is 1. The van der Waals surface area contributed by atoms with Crippen LogP contribution in [-0.2, 0) is 0 Å². The fourth-order valence-corrected chi connectivity index (χ4v) is 1.44. The zero-order valence-corrected chi connectivity index (χ0v) is 9.72. The number of unbranched alkanes of at least 4 members (excludes halogenated alkanes) is 1. The van der Waals surface area contributed by atoms with Gasteiger partial charge in [0.05, 0.1) is 6.61 Å². The molecule has 5 nitrogen and oxygen atoms in total. The summed E-state index contributed by atoms with van der Waals surface area (Å²) in [6.45, 7) is 2.87. The maximum atomic E-state index is 5.61. The lowest BCUT2D eigenvalue weighted by atomic mass is 10.1. The zero-order valence-electron chi connectivity index (χ0n) is 9.72. The van der Waals surface area contributed by atoms with Gasteiger partial charge in [-0.3, -0.25) is 0 Å². The van der Waals surface area contributed by atoms with Crippen molar-refractivity contribution >= 4 is 5.82 Å². The molecule has 0 aliphatic carbocycles. The molecule has 1 heterocycles. The van der Waals surface area contributed by atoms with Gasteiger partial charge in [-0.15, -0.1) is 0 Å². The van der Waals surface area contributed by atoms with Crippen molar-refractivity contribution in [2.24, 2.45) is 0 Å². The summed E-state index contributed by atoms with van der Waals surface area (Å²) >= 11 is 0. The van der Waals surface area contributed by atoms with E-state index >= 15 is 0 Å². The summed E-state index contributed by atoms with van der Waals surface area (Å²) in [5, 5.41) is 7.28. The minimum atomic E-state index is 0.296. The number of nitrogen functional groups attached to an aromatic ring is 1. The van der Waals surface area contributed by atoms with E-state index in [-0.39, 0.29) is 0 Å². The number of nitrogens with zero attached hydrogens (tertiary/aromatic N) is 2. The number of rotatable bonds is 5. The normalized spacial score (nSPS) is 10.4. The van der Waals surface area contributed by atoms with E-state index in [2.05, 4.69) is 21.9 Å². The van der Waals surface area contributed by atoms with E-state index in [1.54, 1.807) is 0 Å². The van der Waals surface area contributed by atoms with E-state index in [0.717, 1.165) is 30.8 Å². The van der Waals surface area contributed by atoms with Crippen molar-refractivity contribution < 1.29 is 9.37 Å². The molecule has 0 spiro atoms. The fraction of sp³-hybridized carbons (Fsp3) is 0.333. The molecule has 0 saturated heterocycles. The largest absolute Gasteiger partial charge is 0.494 e. The molecule has 0 aliphatic heterocycles. The Labute approximate surface area is 99.5 Å². The summed E-state index contributed by atoms with van der Waals surface area (Å²) in [6.07, 6.45) is 2.18. The quantitative estimate of drug-likeness (QED) is 0.803. The molecule has 0 aliphatic rings. The Bertz CT molecular complexity index is 465. The molecule has 0 amide bonds. The number of aromatic nitrogens is 2. The van der Waals surface area contributed by atoms with Gasteiger partial charge in [-0.2, -0.15) is 0 Å². The van der Waals surface area contributed by atoms with E-state index in [4.69, 9.17) is 10.5 Å². The second-order valence-electron chi connectivity index (χ2n) is 3.72. The van der Waals surface area contributed by atoms with Crippen LogP contribution in [0.3, 0.4) is 0 Å². The van der Waals surface area contributed by atoms with Gasteiger partial charge in [0.1, 0.15) is 5.75 Å². The van der Waals surface area contributed by atoms with E-state index in [9.17, 15) is 0 Å². The molecule has 5 heteroatoms. The van der Waals surface area contributed by atoms with Crippen LogP contribution in [0.1, 0.15) is 19.8 Å². The van der Waals surface area contributed by atoms with Gasteiger partial charge < -0.3 is 10.5 Å². The van der Waals surface area contributed by atoms with E-state index in [1.807, 2.05) is 24.3 Å². The van der Waals surface area contributed by atoms with Crippen LogP contribution in [0.4, 0.5) is 5.82 Å². The third kappa shape index (κ3) is 2.75. The average molecular weight is 233 g/mol. The Hall–Kier alpha value is -2.04. The van der Waals surface area contributed by atoms with Gasteiger partial charge >= 0.3 is 0 Å². The molecule has 0 saturated carbocycles. The van der Waals surface area contributed by atoms with Gasteiger partial charge in [-0.1, -0.05) is 13.3 Å². The summed E-state index contributed by atoms with van der Waals surface area (Å²) in [4.78, 5) is 0. The number of hydrogen-bond acceptors (Lipinski definition) is 5. The van der Waals surface area contributed by atoms with E-state index in [0.29, 0.717) is 11.5 Å². The minimum absolute atomic E-state index is 0.296. The molecule has 17 heavy (non-hydrogen) atoms. The van der Waals surface area contributed by atoms with Crippen molar-refractivity contribution in [1.82, 2.24) is 10.3 Å². The smallest absolute Gasteiger partial charge is 0.196 e. The van der Waals surface area contributed by atoms with Crippen LogP contribution in [0.15, 0.2) is 28.9 Å². The molecule has 0 atom stereocenters. The van der Waals surface area contributed by atoms with Crippen LogP contribution in [0.2, 0.25) is 0 Å². The predicted molar refractivity (Wildman–Crippen MR) is 64.5 cm³/mol. The molecular weight excluding hydrogens is 218 g/mol. The maximum Gasteiger partial charge on any atom is 0.196 e. The molecule has 0 radical (unpaired) electrons. The second-order valence-corrected chi connectivity index (χ2v) is 3.72. The van der Waals surface area contributed by atoms with Crippen LogP contribution in [0.5, 0.6) is 5.75 Å². The lowest BCUT2D eigenvalue weighted by molar-refractivity contribution is 0.309. The topological polar surface area (TPSA) is 74.2 Å². The van der Waals surface area contributed by atoms with Gasteiger partial charge in [0, 0.05) is 5.56 Å². The van der Waals surface area contributed by atoms with Crippen molar-refractivity contribution in [1.29, 1.82) is 0 Å². The number of anilines is 1. The maximum absolute atomic E-state index is 5.61. The number of hydrogen-bond donors (Lipinski definition) is 1. The summed E-state index contributed by atoms with van der Waals surface area (Å²) in [6, 6.07) is 7.55.